The minimum atomic E-state index is 0.0830. The number of carbonyl (C=O) groups is 1. The Kier molecular flexibility index (Phi) is 7.19. The fourth-order valence-corrected chi connectivity index (χ4v) is 3.24. The maximum Gasteiger partial charge on any atom is 0.230 e. The monoisotopic (exact) mass is 343 g/mol. The molecule has 0 spiro atoms. The van der Waals surface area contributed by atoms with Gasteiger partial charge in [-0.15, -0.1) is 11.8 Å². The molecule has 0 aliphatic heterocycles. The van der Waals surface area contributed by atoms with Gasteiger partial charge in [-0.2, -0.15) is 0 Å². The Morgan fingerprint density at radius 3 is 2.38 bits per heavy atom. The van der Waals surface area contributed by atoms with Crippen molar-refractivity contribution < 1.29 is 9.53 Å². The van der Waals surface area contributed by atoms with E-state index in [0.717, 1.165) is 23.5 Å². The molecule has 4 heteroatoms. The number of nitrogens with one attached hydrogen (secondary N) is 1. The van der Waals surface area contributed by atoms with Gasteiger partial charge in [0.15, 0.2) is 0 Å². The number of hydrogen-bond donors (Lipinski definition) is 1. The summed E-state index contributed by atoms with van der Waals surface area (Å²) in [6, 6.07) is 16.4. The second kappa shape index (κ2) is 9.38. The zero-order chi connectivity index (χ0) is 17.4. The van der Waals surface area contributed by atoms with Gasteiger partial charge in [-0.25, -0.2) is 0 Å². The van der Waals surface area contributed by atoms with Gasteiger partial charge in [-0.05, 0) is 36.6 Å². The molecule has 128 valence electrons. The summed E-state index contributed by atoms with van der Waals surface area (Å²) in [5, 5.41) is 3.13. The molecule has 0 bridgehead atoms. The minimum Gasteiger partial charge on any atom is -0.497 e. The first-order chi connectivity index (χ1) is 11.6. The maximum absolute atomic E-state index is 12.2. The Morgan fingerprint density at radius 1 is 1.12 bits per heavy atom. The van der Waals surface area contributed by atoms with E-state index in [0.29, 0.717) is 5.75 Å². The molecule has 0 saturated carbocycles. The number of carbonyl (C=O) groups excluding carboxylic acids is 1. The molecular weight excluding hydrogens is 318 g/mol. The molecule has 0 aromatic heterocycles. The van der Waals surface area contributed by atoms with Crippen LogP contribution in [0.3, 0.4) is 0 Å². The Balaban J connectivity index is 1.79. The number of amides is 1. The highest BCUT2D eigenvalue weighted by molar-refractivity contribution is 7.99. The fraction of sp³-hybridized carbons (Fsp3) is 0.350. The van der Waals surface area contributed by atoms with Gasteiger partial charge in [0.1, 0.15) is 5.75 Å². The summed E-state index contributed by atoms with van der Waals surface area (Å²) in [5.74, 6) is 2.22. The molecular formula is C20H25NO2S. The van der Waals surface area contributed by atoms with Crippen LogP contribution in [0.1, 0.15) is 36.1 Å². The summed E-state index contributed by atoms with van der Waals surface area (Å²) < 4.78 is 5.15. The number of aryl methyl sites for hydroxylation is 1. The van der Waals surface area contributed by atoms with Crippen molar-refractivity contribution in [2.45, 2.75) is 32.1 Å². The van der Waals surface area contributed by atoms with Crippen LogP contribution >= 0.6 is 11.8 Å². The van der Waals surface area contributed by atoms with Gasteiger partial charge < -0.3 is 10.1 Å². The van der Waals surface area contributed by atoms with Gasteiger partial charge in [0.2, 0.25) is 5.91 Å². The molecule has 0 heterocycles. The second-order valence-electron chi connectivity index (χ2n) is 5.78. The third-order valence-electron chi connectivity index (χ3n) is 3.88. The number of thioether (sulfide) groups is 1. The van der Waals surface area contributed by atoms with Gasteiger partial charge in [-0.1, -0.05) is 48.9 Å². The third kappa shape index (κ3) is 5.60. The van der Waals surface area contributed by atoms with E-state index in [4.69, 9.17) is 4.74 Å². The number of rotatable bonds is 8. The summed E-state index contributed by atoms with van der Waals surface area (Å²) in [6.07, 6.45) is 0.887. The number of methoxy groups -OCH3 is 1. The van der Waals surface area contributed by atoms with Gasteiger partial charge in [-0.3, -0.25) is 4.79 Å². The lowest BCUT2D eigenvalue weighted by Crippen LogP contribution is -2.29. The van der Waals surface area contributed by atoms with Crippen molar-refractivity contribution in [1.29, 1.82) is 0 Å². The molecule has 3 nitrogen and oxygen atoms in total. The van der Waals surface area contributed by atoms with Crippen LogP contribution in [0, 0.1) is 6.92 Å². The van der Waals surface area contributed by atoms with Crippen molar-refractivity contribution in [3.05, 3.63) is 65.2 Å². The molecule has 1 amide bonds. The number of ether oxygens (including phenoxy) is 1. The first-order valence-electron chi connectivity index (χ1n) is 8.19. The Labute approximate surface area is 148 Å². The highest BCUT2D eigenvalue weighted by atomic mass is 32.2. The first kappa shape index (κ1) is 18.4. The van der Waals surface area contributed by atoms with Crippen LogP contribution in [0.2, 0.25) is 0 Å². The van der Waals surface area contributed by atoms with Crippen LogP contribution < -0.4 is 10.1 Å². The standard InChI is InChI=1S/C20H25NO2S/c1-4-19(17-9-5-15(2)6-10-17)21-20(22)14-24-13-16-7-11-18(23-3)12-8-16/h5-12,19H,4,13-14H2,1-3H3,(H,21,22). The zero-order valence-electron chi connectivity index (χ0n) is 14.5. The molecule has 0 aliphatic carbocycles. The van der Waals surface area contributed by atoms with Crippen LogP contribution in [0.15, 0.2) is 48.5 Å². The summed E-state index contributed by atoms with van der Waals surface area (Å²) in [5.41, 5.74) is 3.59. The molecule has 1 N–H and O–H groups in total. The van der Waals surface area contributed by atoms with Gasteiger partial charge in [0.05, 0.1) is 18.9 Å². The van der Waals surface area contributed by atoms with Gasteiger partial charge in [0, 0.05) is 5.75 Å². The highest BCUT2D eigenvalue weighted by Crippen LogP contribution is 2.19. The van der Waals surface area contributed by atoms with Crippen LogP contribution in [-0.2, 0) is 10.5 Å². The lowest BCUT2D eigenvalue weighted by molar-refractivity contribution is -0.119. The maximum atomic E-state index is 12.2. The molecule has 24 heavy (non-hydrogen) atoms. The van der Waals surface area contributed by atoms with E-state index in [2.05, 4.69) is 43.4 Å². The zero-order valence-corrected chi connectivity index (χ0v) is 15.4. The SMILES string of the molecule is CCC(NC(=O)CSCc1ccc(OC)cc1)c1ccc(C)cc1. The fourth-order valence-electron chi connectivity index (χ4n) is 2.44. The summed E-state index contributed by atoms with van der Waals surface area (Å²) >= 11 is 1.63. The summed E-state index contributed by atoms with van der Waals surface area (Å²) in [4.78, 5) is 12.2. The molecule has 2 rings (SSSR count). The molecule has 2 aromatic rings. The smallest absolute Gasteiger partial charge is 0.230 e. The number of benzene rings is 2. The van der Waals surface area contributed by atoms with Crippen LogP contribution in [0.4, 0.5) is 0 Å². The van der Waals surface area contributed by atoms with E-state index in [1.165, 1.54) is 11.1 Å². The molecule has 1 unspecified atom stereocenters. The predicted octanol–water partition coefficient (Wildman–Crippen LogP) is 4.50. The van der Waals surface area contributed by atoms with Crippen LogP contribution in [0.25, 0.3) is 0 Å². The lowest BCUT2D eigenvalue weighted by atomic mass is 10.0. The molecule has 0 saturated heterocycles. The Hall–Kier alpha value is -1.94. The predicted molar refractivity (Wildman–Crippen MR) is 102 cm³/mol. The van der Waals surface area contributed by atoms with Crippen molar-refractivity contribution in [2.75, 3.05) is 12.9 Å². The lowest BCUT2D eigenvalue weighted by Gasteiger charge is -2.17. The Bertz CT molecular complexity index is 638. The molecule has 1 atom stereocenters. The van der Waals surface area contributed by atoms with E-state index in [9.17, 15) is 4.79 Å². The van der Waals surface area contributed by atoms with Crippen LogP contribution in [0.5, 0.6) is 5.75 Å². The van der Waals surface area contributed by atoms with E-state index in [1.54, 1.807) is 18.9 Å². The first-order valence-corrected chi connectivity index (χ1v) is 9.34. The van der Waals surface area contributed by atoms with E-state index < -0.39 is 0 Å². The largest absolute Gasteiger partial charge is 0.497 e. The quantitative estimate of drug-likeness (QED) is 0.767. The van der Waals surface area contributed by atoms with E-state index in [-0.39, 0.29) is 11.9 Å². The Morgan fingerprint density at radius 2 is 1.79 bits per heavy atom. The van der Waals surface area contributed by atoms with Crippen molar-refractivity contribution in [2.24, 2.45) is 0 Å². The average molecular weight is 343 g/mol. The van der Waals surface area contributed by atoms with Crippen LogP contribution in [-0.4, -0.2) is 18.8 Å². The summed E-state index contributed by atoms with van der Waals surface area (Å²) in [7, 11) is 1.66. The normalized spacial score (nSPS) is 11.8. The third-order valence-corrected chi connectivity index (χ3v) is 4.89. The molecule has 0 radical (unpaired) electrons. The van der Waals surface area contributed by atoms with Gasteiger partial charge >= 0.3 is 0 Å². The van der Waals surface area contributed by atoms with Crippen molar-refractivity contribution >= 4 is 17.7 Å². The molecule has 2 aromatic carbocycles. The van der Waals surface area contributed by atoms with E-state index in [1.807, 2.05) is 24.3 Å². The van der Waals surface area contributed by atoms with Gasteiger partial charge in [0.25, 0.3) is 0 Å². The average Bonchev–Trinajstić information content (AvgIpc) is 2.61. The number of hydrogen-bond acceptors (Lipinski definition) is 3. The minimum absolute atomic E-state index is 0.0830. The van der Waals surface area contributed by atoms with Crippen molar-refractivity contribution in [3.8, 4) is 5.75 Å². The van der Waals surface area contributed by atoms with Crippen molar-refractivity contribution in [3.63, 3.8) is 0 Å². The van der Waals surface area contributed by atoms with Crippen molar-refractivity contribution in [1.82, 2.24) is 5.32 Å². The summed E-state index contributed by atoms with van der Waals surface area (Å²) in [6.45, 7) is 4.16. The molecule has 0 fully saturated rings. The second-order valence-corrected chi connectivity index (χ2v) is 6.77. The van der Waals surface area contributed by atoms with E-state index >= 15 is 0 Å². The topological polar surface area (TPSA) is 38.3 Å². The molecule has 0 aliphatic rings. The highest BCUT2D eigenvalue weighted by Gasteiger charge is 2.12.